The molecule has 0 heterocycles. The number of carbonyl (C=O) groups is 1. The number of para-hydroxylation sites is 2. The van der Waals surface area contributed by atoms with Crippen molar-refractivity contribution in [1.82, 2.24) is 9.62 Å². The molecule has 0 fully saturated rings. The molecule has 0 aliphatic heterocycles. The zero-order valence-electron chi connectivity index (χ0n) is 16.6. The average Bonchev–Trinajstić information content (AvgIpc) is 2.66. The Bertz CT molecular complexity index is 885. The number of hydrogen-bond donors (Lipinski definition) is 1. The fourth-order valence-corrected chi connectivity index (χ4v) is 3.59. The lowest BCUT2D eigenvalue weighted by Gasteiger charge is -2.27. The van der Waals surface area contributed by atoms with Crippen LogP contribution in [0.15, 0.2) is 54.6 Å². The summed E-state index contributed by atoms with van der Waals surface area (Å²) in [7, 11) is -0.944. The van der Waals surface area contributed by atoms with E-state index in [0.717, 1.165) is 19.9 Å². The minimum absolute atomic E-state index is 0.280. The molecule has 28 heavy (non-hydrogen) atoms. The number of anilines is 1. The summed E-state index contributed by atoms with van der Waals surface area (Å²) in [5, 5.41) is 2.79. The molecule has 0 aliphatic rings. The first-order valence-corrected chi connectivity index (χ1v) is 10.3. The fraction of sp³-hybridized carbons (Fsp3) is 0.350. The monoisotopic (exact) mass is 405 g/mol. The maximum Gasteiger partial charge on any atom is 0.304 e. The molecule has 0 saturated heterocycles. The Hall–Kier alpha value is -2.58. The summed E-state index contributed by atoms with van der Waals surface area (Å²) in [6.07, 6.45) is 0. The van der Waals surface area contributed by atoms with E-state index in [0.29, 0.717) is 5.69 Å². The van der Waals surface area contributed by atoms with Crippen LogP contribution in [0.25, 0.3) is 0 Å². The Morgan fingerprint density at radius 1 is 1.07 bits per heavy atom. The summed E-state index contributed by atoms with van der Waals surface area (Å²) < 4.78 is 33.2. The predicted octanol–water partition coefficient (Wildman–Crippen LogP) is 2.19. The molecule has 0 spiro atoms. The molecule has 7 nitrogen and oxygen atoms in total. The smallest absolute Gasteiger partial charge is 0.304 e. The highest BCUT2D eigenvalue weighted by atomic mass is 32.2. The summed E-state index contributed by atoms with van der Waals surface area (Å²) in [6, 6.07) is 15.9. The van der Waals surface area contributed by atoms with Gasteiger partial charge in [-0.2, -0.15) is 12.7 Å². The number of hydrogen-bond acceptors (Lipinski definition) is 4. The Balaban J connectivity index is 2.02. The van der Waals surface area contributed by atoms with Crippen LogP contribution in [0.1, 0.15) is 12.5 Å². The van der Waals surface area contributed by atoms with Crippen LogP contribution < -0.4 is 14.4 Å². The molecule has 152 valence electrons. The molecule has 0 unspecified atom stereocenters. The lowest BCUT2D eigenvalue weighted by Crippen LogP contribution is -2.48. The molecule has 0 saturated carbocycles. The van der Waals surface area contributed by atoms with Gasteiger partial charge in [0.25, 0.3) is 0 Å². The van der Waals surface area contributed by atoms with E-state index in [1.807, 2.05) is 38.1 Å². The van der Waals surface area contributed by atoms with Crippen molar-refractivity contribution in [2.24, 2.45) is 0 Å². The first-order chi connectivity index (χ1) is 13.2. The summed E-state index contributed by atoms with van der Waals surface area (Å²) in [4.78, 5) is 12.5. The number of rotatable bonds is 9. The second-order valence-corrected chi connectivity index (χ2v) is 8.74. The number of nitrogens with zero attached hydrogens (tertiary/aromatic N) is 2. The second-order valence-electron chi connectivity index (χ2n) is 6.68. The van der Waals surface area contributed by atoms with Crippen molar-refractivity contribution in [1.29, 1.82) is 0 Å². The fourth-order valence-electron chi connectivity index (χ4n) is 2.52. The van der Waals surface area contributed by atoms with E-state index in [1.165, 1.54) is 14.1 Å². The molecular weight excluding hydrogens is 378 g/mol. The second kappa shape index (κ2) is 9.57. The van der Waals surface area contributed by atoms with Crippen LogP contribution >= 0.6 is 0 Å². The molecule has 8 heteroatoms. The average molecular weight is 406 g/mol. The number of carbonyl (C=O) groups excluding carboxylic acids is 1. The maximum atomic E-state index is 12.6. The highest BCUT2D eigenvalue weighted by Gasteiger charge is 2.27. The number of nitrogens with one attached hydrogen (secondary N) is 1. The highest BCUT2D eigenvalue weighted by Crippen LogP contribution is 2.19. The lowest BCUT2D eigenvalue weighted by atomic mass is 10.2. The molecular formula is C20H27N3O4S. The molecule has 1 atom stereocenters. The molecule has 0 aliphatic carbocycles. The van der Waals surface area contributed by atoms with Gasteiger partial charge in [-0.15, -0.1) is 0 Å². The van der Waals surface area contributed by atoms with Crippen molar-refractivity contribution in [3.8, 4) is 5.75 Å². The Morgan fingerprint density at radius 3 is 2.29 bits per heavy atom. The van der Waals surface area contributed by atoms with E-state index < -0.39 is 16.1 Å². The standard InChI is InChI=1S/C20H27N3O4S/c1-16-10-8-9-13-19(16)27-15-17(2)21-20(24)14-23(28(25,26)22(3)4)18-11-6-5-7-12-18/h5-13,17H,14-15H2,1-4H3,(H,21,24)/t17-/m1/s1. The van der Waals surface area contributed by atoms with Gasteiger partial charge < -0.3 is 10.1 Å². The number of amides is 1. The van der Waals surface area contributed by atoms with Gasteiger partial charge in [-0.25, -0.2) is 4.31 Å². The largest absolute Gasteiger partial charge is 0.491 e. The van der Waals surface area contributed by atoms with E-state index in [-0.39, 0.29) is 19.2 Å². The third kappa shape index (κ3) is 5.71. The van der Waals surface area contributed by atoms with Crippen LogP contribution in [-0.2, 0) is 15.0 Å². The summed E-state index contributed by atoms with van der Waals surface area (Å²) in [6.45, 7) is 3.72. The third-order valence-electron chi connectivity index (χ3n) is 4.06. The quantitative estimate of drug-likeness (QED) is 0.694. The van der Waals surface area contributed by atoms with Crippen LogP contribution in [0.4, 0.5) is 5.69 Å². The van der Waals surface area contributed by atoms with E-state index in [2.05, 4.69) is 5.32 Å². The molecule has 2 aromatic rings. The third-order valence-corrected chi connectivity index (χ3v) is 5.88. The van der Waals surface area contributed by atoms with Gasteiger partial charge in [0, 0.05) is 14.1 Å². The maximum absolute atomic E-state index is 12.6. The van der Waals surface area contributed by atoms with Gasteiger partial charge in [-0.05, 0) is 37.6 Å². The Kier molecular flexibility index (Phi) is 7.42. The van der Waals surface area contributed by atoms with Gasteiger partial charge in [0.2, 0.25) is 5.91 Å². The van der Waals surface area contributed by atoms with Gasteiger partial charge in [-0.1, -0.05) is 36.4 Å². The normalized spacial score (nSPS) is 12.5. The van der Waals surface area contributed by atoms with E-state index in [4.69, 9.17) is 4.74 Å². The van der Waals surface area contributed by atoms with Gasteiger partial charge in [0.05, 0.1) is 11.7 Å². The van der Waals surface area contributed by atoms with Crippen molar-refractivity contribution < 1.29 is 17.9 Å². The predicted molar refractivity (Wildman–Crippen MR) is 111 cm³/mol. The van der Waals surface area contributed by atoms with Crippen LogP contribution in [0, 0.1) is 6.92 Å². The molecule has 2 aromatic carbocycles. The van der Waals surface area contributed by atoms with Crippen molar-refractivity contribution in [3.63, 3.8) is 0 Å². The summed E-state index contributed by atoms with van der Waals surface area (Å²) >= 11 is 0. The Labute approximate surface area is 167 Å². The van der Waals surface area contributed by atoms with Crippen LogP contribution in [0.5, 0.6) is 5.75 Å². The minimum Gasteiger partial charge on any atom is -0.491 e. The van der Waals surface area contributed by atoms with Crippen molar-refractivity contribution in [2.75, 3.05) is 31.6 Å². The SMILES string of the molecule is Cc1ccccc1OC[C@@H](C)NC(=O)CN(c1ccccc1)S(=O)(=O)N(C)C. The molecule has 1 amide bonds. The van der Waals surface area contributed by atoms with Crippen molar-refractivity contribution in [2.45, 2.75) is 19.9 Å². The van der Waals surface area contributed by atoms with Gasteiger partial charge >= 0.3 is 10.2 Å². The first kappa shape index (κ1) is 21.7. The molecule has 0 aromatic heterocycles. The van der Waals surface area contributed by atoms with E-state index in [9.17, 15) is 13.2 Å². The van der Waals surface area contributed by atoms with Gasteiger partial charge in [0.15, 0.2) is 0 Å². The summed E-state index contributed by atoms with van der Waals surface area (Å²) in [5.41, 5.74) is 1.43. The number of aryl methyl sites for hydroxylation is 1. The zero-order valence-corrected chi connectivity index (χ0v) is 17.4. The molecule has 0 radical (unpaired) electrons. The van der Waals surface area contributed by atoms with E-state index >= 15 is 0 Å². The van der Waals surface area contributed by atoms with Gasteiger partial charge in [-0.3, -0.25) is 4.79 Å². The van der Waals surface area contributed by atoms with E-state index in [1.54, 1.807) is 30.3 Å². The summed E-state index contributed by atoms with van der Waals surface area (Å²) in [5.74, 6) is 0.347. The number of ether oxygens (including phenoxy) is 1. The Morgan fingerprint density at radius 2 is 1.68 bits per heavy atom. The lowest BCUT2D eigenvalue weighted by molar-refractivity contribution is -0.120. The zero-order chi connectivity index (χ0) is 20.7. The van der Waals surface area contributed by atoms with Crippen LogP contribution in [0.3, 0.4) is 0 Å². The molecule has 1 N–H and O–H groups in total. The van der Waals surface area contributed by atoms with Crippen LogP contribution in [0.2, 0.25) is 0 Å². The van der Waals surface area contributed by atoms with Crippen LogP contribution in [-0.4, -0.2) is 51.9 Å². The highest BCUT2D eigenvalue weighted by molar-refractivity contribution is 7.90. The van der Waals surface area contributed by atoms with Gasteiger partial charge in [0.1, 0.15) is 18.9 Å². The van der Waals surface area contributed by atoms with Crippen molar-refractivity contribution >= 4 is 21.8 Å². The first-order valence-electron chi connectivity index (χ1n) is 8.95. The molecule has 0 bridgehead atoms. The molecule has 2 rings (SSSR count). The van der Waals surface area contributed by atoms with Crippen molar-refractivity contribution in [3.05, 3.63) is 60.2 Å². The minimum atomic E-state index is -3.81. The topological polar surface area (TPSA) is 79.0 Å². The number of benzene rings is 2.